The van der Waals surface area contributed by atoms with Crippen molar-refractivity contribution in [1.82, 2.24) is 5.32 Å². The molecular weight excluding hydrogens is 224 g/mol. The Labute approximate surface area is 111 Å². The zero-order valence-electron chi connectivity index (χ0n) is 11.8. The van der Waals surface area contributed by atoms with Crippen LogP contribution in [0.25, 0.3) is 0 Å². The molecule has 1 atom stereocenters. The van der Waals surface area contributed by atoms with Crippen LogP contribution in [0.5, 0.6) is 5.75 Å². The van der Waals surface area contributed by atoms with Gasteiger partial charge in [-0.25, -0.2) is 0 Å². The number of benzene rings is 1. The molecule has 3 N–H and O–H groups in total. The monoisotopic (exact) mass is 250 g/mol. The molecule has 18 heavy (non-hydrogen) atoms. The van der Waals surface area contributed by atoms with E-state index in [9.17, 15) is 0 Å². The molecule has 102 valence electrons. The van der Waals surface area contributed by atoms with Crippen LogP contribution in [0, 0.1) is 5.92 Å². The lowest BCUT2D eigenvalue weighted by molar-refractivity contribution is 0.404. The second-order valence-corrected chi connectivity index (χ2v) is 4.64. The molecule has 1 unspecified atom stereocenters. The normalized spacial score (nSPS) is 12.4. The molecular formula is C15H26N2O. The summed E-state index contributed by atoms with van der Waals surface area (Å²) >= 11 is 0. The molecule has 0 saturated heterocycles. The lowest BCUT2D eigenvalue weighted by Gasteiger charge is -2.15. The van der Waals surface area contributed by atoms with Crippen LogP contribution in [-0.2, 0) is 13.0 Å². The zero-order chi connectivity index (χ0) is 13.4. The Morgan fingerprint density at radius 3 is 2.67 bits per heavy atom. The molecule has 0 saturated carbocycles. The number of nitrogens with two attached hydrogens (primary N) is 1. The number of nitrogens with one attached hydrogen (secondary N) is 1. The second kappa shape index (κ2) is 8.11. The molecule has 3 heteroatoms. The first-order valence-corrected chi connectivity index (χ1v) is 6.81. The average Bonchev–Trinajstić information content (AvgIpc) is 2.43. The highest BCUT2D eigenvalue weighted by Crippen LogP contribution is 2.20. The first kappa shape index (κ1) is 15.0. The van der Waals surface area contributed by atoms with Crippen molar-refractivity contribution in [3.63, 3.8) is 0 Å². The number of rotatable bonds is 8. The summed E-state index contributed by atoms with van der Waals surface area (Å²) < 4.78 is 5.39. The first-order valence-electron chi connectivity index (χ1n) is 6.81. The molecule has 1 aromatic carbocycles. The Morgan fingerprint density at radius 2 is 2.11 bits per heavy atom. The van der Waals surface area contributed by atoms with Crippen molar-refractivity contribution in [3.8, 4) is 5.75 Å². The molecule has 0 aromatic heterocycles. The minimum Gasteiger partial charge on any atom is -0.496 e. The van der Waals surface area contributed by atoms with E-state index in [1.165, 1.54) is 11.1 Å². The lowest BCUT2D eigenvalue weighted by Crippen LogP contribution is -2.27. The van der Waals surface area contributed by atoms with Crippen molar-refractivity contribution >= 4 is 0 Å². The van der Waals surface area contributed by atoms with Crippen molar-refractivity contribution in [1.29, 1.82) is 0 Å². The Kier molecular flexibility index (Phi) is 6.76. The third-order valence-electron chi connectivity index (χ3n) is 3.41. The van der Waals surface area contributed by atoms with Gasteiger partial charge in [-0.2, -0.15) is 0 Å². The summed E-state index contributed by atoms with van der Waals surface area (Å²) in [5, 5.41) is 3.47. The maximum atomic E-state index is 5.70. The smallest absolute Gasteiger partial charge is 0.123 e. The van der Waals surface area contributed by atoms with E-state index in [2.05, 4.69) is 37.4 Å². The van der Waals surface area contributed by atoms with Gasteiger partial charge in [-0.3, -0.25) is 0 Å². The highest BCUT2D eigenvalue weighted by Gasteiger charge is 2.06. The number of methoxy groups -OCH3 is 1. The molecule has 0 bridgehead atoms. The molecule has 0 aliphatic heterocycles. The van der Waals surface area contributed by atoms with Crippen molar-refractivity contribution in [2.45, 2.75) is 33.2 Å². The van der Waals surface area contributed by atoms with Gasteiger partial charge in [0.1, 0.15) is 5.75 Å². The van der Waals surface area contributed by atoms with E-state index in [1.807, 2.05) is 0 Å². The summed E-state index contributed by atoms with van der Waals surface area (Å²) in [6.07, 6.45) is 2.17. The van der Waals surface area contributed by atoms with Crippen molar-refractivity contribution in [2.24, 2.45) is 11.7 Å². The number of hydrogen-bond donors (Lipinski definition) is 2. The van der Waals surface area contributed by atoms with Gasteiger partial charge in [-0.15, -0.1) is 0 Å². The average molecular weight is 250 g/mol. The van der Waals surface area contributed by atoms with Crippen LogP contribution >= 0.6 is 0 Å². The SMILES string of the molecule is CCc1ccc(OC)c(CNCC(CC)CN)c1. The largest absolute Gasteiger partial charge is 0.496 e. The third kappa shape index (κ3) is 4.31. The third-order valence-corrected chi connectivity index (χ3v) is 3.41. The Hall–Kier alpha value is -1.06. The summed E-state index contributed by atoms with van der Waals surface area (Å²) in [6, 6.07) is 6.39. The summed E-state index contributed by atoms with van der Waals surface area (Å²) in [6.45, 7) is 6.90. The molecule has 1 rings (SSSR count). The molecule has 0 aliphatic rings. The number of ether oxygens (including phenoxy) is 1. The fourth-order valence-electron chi connectivity index (χ4n) is 2.00. The first-order chi connectivity index (χ1) is 8.74. The maximum Gasteiger partial charge on any atom is 0.123 e. The lowest BCUT2D eigenvalue weighted by atomic mass is 10.1. The Balaban J connectivity index is 2.59. The van der Waals surface area contributed by atoms with E-state index < -0.39 is 0 Å². The van der Waals surface area contributed by atoms with E-state index >= 15 is 0 Å². The van der Waals surface area contributed by atoms with Gasteiger partial charge < -0.3 is 15.8 Å². The van der Waals surface area contributed by atoms with Crippen LogP contribution < -0.4 is 15.8 Å². The van der Waals surface area contributed by atoms with Gasteiger partial charge >= 0.3 is 0 Å². The second-order valence-electron chi connectivity index (χ2n) is 4.64. The van der Waals surface area contributed by atoms with E-state index in [1.54, 1.807) is 7.11 Å². The molecule has 0 fully saturated rings. The van der Waals surface area contributed by atoms with Gasteiger partial charge in [0.2, 0.25) is 0 Å². The van der Waals surface area contributed by atoms with Gasteiger partial charge in [0.05, 0.1) is 7.11 Å². The van der Waals surface area contributed by atoms with Gasteiger partial charge in [-0.1, -0.05) is 32.4 Å². The maximum absolute atomic E-state index is 5.70. The van der Waals surface area contributed by atoms with Gasteiger partial charge in [-0.05, 0) is 37.1 Å². The fraction of sp³-hybridized carbons (Fsp3) is 0.600. The number of hydrogen-bond acceptors (Lipinski definition) is 3. The van der Waals surface area contributed by atoms with Crippen LogP contribution in [0.2, 0.25) is 0 Å². The summed E-state index contributed by atoms with van der Waals surface area (Å²) in [5.74, 6) is 1.52. The van der Waals surface area contributed by atoms with Gasteiger partial charge in [0.25, 0.3) is 0 Å². The standard InChI is InChI=1S/C15H26N2O/c1-4-12-6-7-15(18-3)14(8-12)11-17-10-13(5-2)9-16/h6-8,13,17H,4-5,9-11,16H2,1-3H3. The number of aryl methyl sites for hydroxylation is 1. The van der Waals surface area contributed by atoms with Crippen LogP contribution in [0.1, 0.15) is 31.4 Å². The predicted molar refractivity (Wildman–Crippen MR) is 76.9 cm³/mol. The van der Waals surface area contributed by atoms with Crippen molar-refractivity contribution in [2.75, 3.05) is 20.2 Å². The van der Waals surface area contributed by atoms with E-state index in [-0.39, 0.29) is 0 Å². The van der Waals surface area contributed by atoms with Crippen LogP contribution in [0.3, 0.4) is 0 Å². The van der Waals surface area contributed by atoms with Gasteiger partial charge in [0.15, 0.2) is 0 Å². The van der Waals surface area contributed by atoms with E-state index in [4.69, 9.17) is 10.5 Å². The topological polar surface area (TPSA) is 47.3 Å². The zero-order valence-corrected chi connectivity index (χ0v) is 11.8. The predicted octanol–water partition coefficient (Wildman–Crippen LogP) is 2.33. The highest BCUT2D eigenvalue weighted by atomic mass is 16.5. The van der Waals surface area contributed by atoms with Crippen molar-refractivity contribution < 1.29 is 4.74 Å². The van der Waals surface area contributed by atoms with Crippen molar-refractivity contribution in [3.05, 3.63) is 29.3 Å². The fourth-order valence-corrected chi connectivity index (χ4v) is 2.00. The molecule has 3 nitrogen and oxygen atoms in total. The van der Waals surface area contributed by atoms with Crippen LogP contribution in [0.4, 0.5) is 0 Å². The molecule has 0 spiro atoms. The molecule has 0 radical (unpaired) electrons. The van der Waals surface area contributed by atoms with E-state index in [0.717, 1.165) is 38.2 Å². The minimum atomic E-state index is 0.561. The minimum absolute atomic E-state index is 0.561. The van der Waals surface area contributed by atoms with Crippen LogP contribution in [-0.4, -0.2) is 20.2 Å². The molecule has 0 amide bonds. The molecule has 1 aromatic rings. The summed E-state index contributed by atoms with van der Waals surface area (Å²) in [7, 11) is 1.72. The summed E-state index contributed by atoms with van der Waals surface area (Å²) in [4.78, 5) is 0. The van der Waals surface area contributed by atoms with E-state index in [0.29, 0.717) is 5.92 Å². The Bertz CT molecular complexity index is 348. The van der Waals surface area contributed by atoms with Gasteiger partial charge in [0, 0.05) is 12.1 Å². The summed E-state index contributed by atoms with van der Waals surface area (Å²) in [5.41, 5.74) is 8.27. The van der Waals surface area contributed by atoms with Crippen LogP contribution in [0.15, 0.2) is 18.2 Å². The molecule has 0 aliphatic carbocycles. The molecule has 0 heterocycles. The quantitative estimate of drug-likeness (QED) is 0.744. The Morgan fingerprint density at radius 1 is 1.33 bits per heavy atom. The highest BCUT2D eigenvalue weighted by molar-refractivity contribution is 5.37.